The molecular weight excluding hydrogens is 441 g/mol. The van der Waals surface area contributed by atoms with Crippen molar-refractivity contribution in [3.05, 3.63) is 35.4 Å². The van der Waals surface area contributed by atoms with Gasteiger partial charge in [-0.3, -0.25) is 0 Å². The second kappa shape index (κ2) is 6.61. The van der Waals surface area contributed by atoms with Crippen molar-refractivity contribution in [3.8, 4) is 0 Å². The van der Waals surface area contributed by atoms with Gasteiger partial charge in [0.15, 0.2) is 6.17 Å². The first-order chi connectivity index (χ1) is 12.1. The van der Waals surface area contributed by atoms with E-state index in [0.717, 1.165) is 0 Å². The minimum Gasteiger partial charge on any atom is -0.241 e. The lowest BCUT2D eigenvalue weighted by atomic mass is 9.72. The second-order valence-electron chi connectivity index (χ2n) is 5.36. The molecule has 0 saturated carbocycles. The average molecular weight is 446 g/mol. The first-order valence-corrected chi connectivity index (χ1v) is 6.51. The summed E-state index contributed by atoms with van der Waals surface area (Å²) in [6, 6.07) is -1.34. The van der Waals surface area contributed by atoms with Gasteiger partial charge in [0.1, 0.15) is 0 Å². The first kappa shape index (κ1) is 24.2. The lowest BCUT2D eigenvalue weighted by Crippen LogP contribution is -2.68. The summed E-state index contributed by atoms with van der Waals surface area (Å²) >= 11 is 0. The second-order valence-corrected chi connectivity index (χ2v) is 5.36. The largest absolute Gasteiger partial charge is 0.454 e. The topological polar surface area (TPSA) is 0 Å². The lowest BCUT2D eigenvalue weighted by molar-refractivity contribution is -0.462. The summed E-state index contributed by atoms with van der Waals surface area (Å²) in [4.78, 5) is 0. The Morgan fingerprint density at radius 1 is 0.536 bits per heavy atom. The van der Waals surface area contributed by atoms with Crippen LogP contribution in [0.5, 0.6) is 0 Å². The molecule has 0 aromatic heterocycles. The quantitative estimate of drug-likeness (QED) is 0.438. The lowest BCUT2D eigenvalue weighted by Gasteiger charge is -2.44. The molecule has 0 aliphatic carbocycles. The maximum atomic E-state index is 14.2. The van der Waals surface area contributed by atoms with Crippen molar-refractivity contribution in [1.29, 1.82) is 0 Å². The van der Waals surface area contributed by atoms with Crippen LogP contribution in [0.15, 0.2) is 24.3 Å². The molecule has 1 rings (SSSR count). The number of alkyl halides is 15. The van der Waals surface area contributed by atoms with Crippen molar-refractivity contribution in [1.82, 2.24) is 0 Å². The zero-order chi connectivity index (χ0) is 22.6. The number of halogens is 15. The van der Waals surface area contributed by atoms with E-state index >= 15 is 0 Å². The minimum absolute atomic E-state index is 0.273. The number of hydrogen-bond acceptors (Lipinski definition) is 0. The molecule has 1 unspecified atom stereocenters. The summed E-state index contributed by atoms with van der Waals surface area (Å²) < 4.78 is 193. The Balaban J connectivity index is 3.83. The van der Waals surface area contributed by atoms with Gasteiger partial charge < -0.3 is 0 Å². The molecule has 0 N–H and O–H groups in total. The van der Waals surface area contributed by atoms with Crippen LogP contribution in [0.3, 0.4) is 0 Å². The van der Waals surface area contributed by atoms with Gasteiger partial charge in [0.2, 0.25) is 0 Å². The molecule has 0 fully saturated rings. The van der Waals surface area contributed by atoms with Gasteiger partial charge in [-0.1, -0.05) is 12.1 Å². The van der Waals surface area contributed by atoms with E-state index in [9.17, 15) is 65.9 Å². The van der Waals surface area contributed by atoms with E-state index in [4.69, 9.17) is 0 Å². The summed E-state index contributed by atoms with van der Waals surface area (Å²) in [7, 11) is 0. The van der Waals surface area contributed by atoms with Gasteiger partial charge in [-0.15, -0.1) is 0 Å². The van der Waals surface area contributed by atoms with Gasteiger partial charge in [-0.25, -0.2) is 4.39 Å². The zero-order valence-corrected chi connectivity index (χ0v) is 12.6. The van der Waals surface area contributed by atoms with Crippen molar-refractivity contribution in [3.63, 3.8) is 0 Å². The van der Waals surface area contributed by atoms with E-state index in [1.165, 1.54) is 0 Å². The Labute approximate surface area is 144 Å². The maximum Gasteiger partial charge on any atom is 0.454 e. The average Bonchev–Trinajstić information content (AvgIpc) is 2.42. The van der Waals surface area contributed by atoms with Crippen molar-refractivity contribution >= 4 is 0 Å². The van der Waals surface area contributed by atoms with Crippen LogP contribution in [0.4, 0.5) is 65.9 Å². The number of hydrogen-bond donors (Lipinski definition) is 0. The molecule has 0 aliphatic rings. The normalized spacial score (nSPS) is 16.2. The molecule has 15 heteroatoms. The van der Waals surface area contributed by atoms with Gasteiger partial charge >= 0.3 is 30.6 Å². The molecule has 0 heterocycles. The van der Waals surface area contributed by atoms with Crippen molar-refractivity contribution in [2.45, 2.75) is 36.8 Å². The molecule has 0 aliphatic heterocycles. The fourth-order valence-electron chi connectivity index (χ4n) is 2.28. The molecule has 28 heavy (non-hydrogen) atoms. The first-order valence-electron chi connectivity index (χ1n) is 6.51. The molecule has 0 bridgehead atoms. The molecule has 0 radical (unpaired) electrons. The number of benzene rings is 1. The van der Waals surface area contributed by atoms with E-state index in [0.29, 0.717) is 0 Å². The summed E-state index contributed by atoms with van der Waals surface area (Å²) in [5, 5.41) is 0. The van der Waals surface area contributed by atoms with Crippen molar-refractivity contribution < 1.29 is 65.9 Å². The van der Waals surface area contributed by atoms with Crippen LogP contribution in [0.25, 0.3) is 0 Å². The highest BCUT2D eigenvalue weighted by atomic mass is 19.4. The van der Waals surface area contributed by atoms with Crippen LogP contribution in [-0.4, -0.2) is 24.5 Å². The highest BCUT2D eigenvalue weighted by Crippen LogP contribution is 2.69. The van der Waals surface area contributed by atoms with Gasteiger partial charge in [0, 0.05) is 0 Å². The smallest absolute Gasteiger partial charge is 0.241 e. The third-order valence-corrected chi connectivity index (χ3v) is 3.66. The van der Waals surface area contributed by atoms with Crippen LogP contribution in [0.1, 0.15) is 17.3 Å². The molecule has 0 nitrogen and oxygen atoms in total. The highest BCUT2D eigenvalue weighted by molar-refractivity contribution is 5.29. The molecular formula is C13H5F15. The Morgan fingerprint density at radius 2 is 0.893 bits per heavy atom. The molecule has 0 spiro atoms. The van der Waals surface area contributed by atoms with Gasteiger partial charge in [0.05, 0.1) is 5.56 Å². The monoisotopic (exact) mass is 446 g/mol. The minimum atomic E-state index is -7.72. The van der Waals surface area contributed by atoms with Crippen LogP contribution in [-0.2, 0) is 6.18 Å². The molecule has 0 saturated heterocycles. The van der Waals surface area contributed by atoms with Gasteiger partial charge in [0.25, 0.3) is 5.41 Å². The fraction of sp³-hybridized carbons (Fsp3) is 0.538. The summed E-state index contributed by atoms with van der Waals surface area (Å²) in [5.41, 5.74) is -11.2. The van der Waals surface area contributed by atoms with E-state index < -0.39 is 65.5 Å². The standard InChI is InChI=1S/C13H5F15/c14-7(5-1-3-6(4-2-5)9(15,16)17)8(11(20,21)22,12(23,24)25)10(18,19)13(26,27)28/h1-4,7H. The molecule has 162 valence electrons. The van der Waals surface area contributed by atoms with Gasteiger partial charge in [-0.2, -0.15) is 61.5 Å². The summed E-state index contributed by atoms with van der Waals surface area (Å²) in [6.45, 7) is 0. The summed E-state index contributed by atoms with van der Waals surface area (Å²) in [5.74, 6) is -7.72. The maximum absolute atomic E-state index is 14.2. The predicted molar refractivity (Wildman–Crippen MR) is 60.8 cm³/mol. The third-order valence-electron chi connectivity index (χ3n) is 3.66. The van der Waals surface area contributed by atoms with Gasteiger partial charge in [-0.05, 0) is 17.7 Å². The highest BCUT2D eigenvalue weighted by Gasteiger charge is 2.92. The van der Waals surface area contributed by atoms with Crippen LogP contribution in [0.2, 0.25) is 0 Å². The molecule has 1 atom stereocenters. The Bertz CT molecular complexity index is 656. The van der Waals surface area contributed by atoms with Crippen LogP contribution < -0.4 is 0 Å². The molecule has 1 aromatic rings. The number of rotatable bonds is 3. The van der Waals surface area contributed by atoms with E-state index in [1.807, 2.05) is 0 Å². The van der Waals surface area contributed by atoms with Crippen LogP contribution in [0, 0.1) is 5.41 Å². The molecule has 1 aromatic carbocycles. The summed E-state index contributed by atoms with van der Waals surface area (Å²) in [6.07, 6.45) is -33.0. The molecule has 0 amide bonds. The van der Waals surface area contributed by atoms with Crippen molar-refractivity contribution in [2.75, 3.05) is 0 Å². The van der Waals surface area contributed by atoms with E-state index in [1.54, 1.807) is 0 Å². The Hall–Kier alpha value is -1.83. The Morgan fingerprint density at radius 3 is 1.14 bits per heavy atom. The zero-order valence-electron chi connectivity index (χ0n) is 12.6. The van der Waals surface area contributed by atoms with E-state index in [-0.39, 0.29) is 12.1 Å². The Kier molecular flexibility index (Phi) is 5.71. The van der Waals surface area contributed by atoms with Crippen molar-refractivity contribution in [2.24, 2.45) is 5.41 Å². The third kappa shape index (κ3) is 3.58. The SMILES string of the molecule is FC(c1ccc(C(F)(F)F)cc1)C(C(F)(F)F)(C(F)(F)F)C(F)(F)C(F)(F)F. The predicted octanol–water partition coefficient (Wildman–Crippen LogP) is 7.02. The van der Waals surface area contributed by atoms with E-state index in [2.05, 4.69) is 0 Å². The van der Waals surface area contributed by atoms with Crippen LogP contribution >= 0.6 is 0 Å². The fourth-order valence-corrected chi connectivity index (χ4v) is 2.28.